The molecule has 0 bridgehead atoms. The molecule has 2 heterocycles. The van der Waals surface area contributed by atoms with Gasteiger partial charge in [0, 0.05) is 30.5 Å². The first kappa shape index (κ1) is 21.0. The maximum atomic E-state index is 14.2. The van der Waals surface area contributed by atoms with Gasteiger partial charge in [-0.2, -0.15) is 5.10 Å². The highest BCUT2D eigenvalue weighted by molar-refractivity contribution is 6.06. The molecule has 1 saturated heterocycles. The molecule has 1 aromatic heterocycles. The lowest BCUT2D eigenvalue weighted by atomic mass is 10.1. The van der Waals surface area contributed by atoms with Crippen LogP contribution in [0.3, 0.4) is 0 Å². The van der Waals surface area contributed by atoms with E-state index in [2.05, 4.69) is 15.3 Å². The average Bonchev–Trinajstić information content (AvgIpc) is 2.90. The Morgan fingerprint density at radius 2 is 1.65 bits per heavy atom. The third kappa shape index (κ3) is 4.45. The van der Waals surface area contributed by atoms with Crippen molar-refractivity contribution in [3.63, 3.8) is 0 Å². The largest absolute Gasteiger partial charge is 0.372 e. The highest BCUT2D eigenvalue weighted by Crippen LogP contribution is 2.24. The van der Waals surface area contributed by atoms with Gasteiger partial charge in [0.25, 0.3) is 5.91 Å². The summed E-state index contributed by atoms with van der Waals surface area (Å²) in [5.74, 6) is -1.71. The molecule has 0 aliphatic carbocycles. The number of hydrogen-bond acceptors (Lipinski definition) is 3. The number of nitrogens with one attached hydrogen (secondary N) is 1. The standard InChI is InChI=1S/C24H26F2N4O/c1-16-23(17(2)30(28-16)22-12-7-18(25)15-21(22)26)24(31)27-19-8-10-20(11-9-19)29-13-5-3-4-6-14-29/h7-12,15H,3-6,13-14H2,1-2H3,(H,27,31). The van der Waals surface area contributed by atoms with Gasteiger partial charge < -0.3 is 10.2 Å². The van der Waals surface area contributed by atoms with Gasteiger partial charge in [0.15, 0.2) is 5.82 Å². The molecule has 5 nitrogen and oxygen atoms in total. The van der Waals surface area contributed by atoms with Crippen molar-refractivity contribution < 1.29 is 13.6 Å². The molecule has 0 atom stereocenters. The summed E-state index contributed by atoms with van der Waals surface area (Å²) in [5, 5.41) is 7.21. The molecule has 2 aromatic carbocycles. The highest BCUT2D eigenvalue weighted by Gasteiger charge is 2.21. The summed E-state index contributed by atoms with van der Waals surface area (Å²) < 4.78 is 28.8. The van der Waals surface area contributed by atoms with Gasteiger partial charge in [-0.15, -0.1) is 0 Å². The molecule has 0 spiro atoms. The molecule has 3 aromatic rings. The van der Waals surface area contributed by atoms with Crippen molar-refractivity contribution in [2.45, 2.75) is 39.5 Å². The van der Waals surface area contributed by atoms with Crippen molar-refractivity contribution in [3.05, 3.63) is 71.1 Å². The predicted octanol–water partition coefficient (Wildman–Crippen LogP) is 5.40. The van der Waals surface area contributed by atoms with Crippen LogP contribution in [0, 0.1) is 25.5 Å². The second kappa shape index (κ2) is 8.88. The lowest BCUT2D eigenvalue weighted by Crippen LogP contribution is -2.23. The molecule has 0 unspecified atom stereocenters. The SMILES string of the molecule is Cc1nn(-c2ccc(F)cc2F)c(C)c1C(=O)Nc1ccc(N2CCCCCC2)cc1. The number of hydrogen-bond donors (Lipinski definition) is 1. The van der Waals surface area contributed by atoms with Gasteiger partial charge in [0.1, 0.15) is 11.5 Å². The summed E-state index contributed by atoms with van der Waals surface area (Å²) in [4.78, 5) is 15.3. The van der Waals surface area contributed by atoms with Crippen LogP contribution in [0.2, 0.25) is 0 Å². The molecule has 1 amide bonds. The van der Waals surface area contributed by atoms with Crippen LogP contribution in [0.25, 0.3) is 5.69 Å². The summed E-state index contributed by atoms with van der Waals surface area (Å²) in [6, 6.07) is 11.1. The van der Waals surface area contributed by atoms with Crippen molar-refractivity contribution in [1.82, 2.24) is 9.78 Å². The number of nitrogens with zero attached hydrogens (tertiary/aromatic N) is 3. The molecule has 1 aliphatic heterocycles. The predicted molar refractivity (Wildman–Crippen MR) is 118 cm³/mol. The van der Waals surface area contributed by atoms with Crippen LogP contribution >= 0.6 is 0 Å². The van der Waals surface area contributed by atoms with E-state index in [-0.39, 0.29) is 11.6 Å². The quantitative estimate of drug-likeness (QED) is 0.610. The second-order valence-electron chi connectivity index (χ2n) is 7.96. The van der Waals surface area contributed by atoms with Crippen LogP contribution in [-0.2, 0) is 0 Å². The average molecular weight is 424 g/mol. The van der Waals surface area contributed by atoms with Gasteiger partial charge in [-0.3, -0.25) is 4.79 Å². The fraction of sp³-hybridized carbons (Fsp3) is 0.333. The fourth-order valence-electron chi connectivity index (χ4n) is 4.14. The highest BCUT2D eigenvalue weighted by atomic mass is 19.1. The van der Waals surface area contributed by atoms with E-state index in [0.29, 0.717) is 22.6 Å². The van der Waals surface area contributed by atoms with E-state index in [1.165, 1.54) is 42.5 Å². The zero-order chi connectivity index (χ0) is 22.0. The molecule has 1 fully saturated rings. The van der Waals surface area contributed by atoms with Crippen LogP contribution < -0.4 is 10.2 Å². The summed E-state index contributed by atoms with van der Waals surface area (Å²) in [5.41, 5.74) is 3.28. The van der Waals surface area contributed by atoms with Gasteiger partial charge in [0.05, 0.1) is 17.0 Å². The number of carbonyl (C=O) groups excluding carboxylic acids is 1. The van der Waals surface area contributed by atoms with E-state index in [4.69, 9.17) is 0 Å². The van der Waals surface area contributed by atoms with Gasteiger partial charge in [-0.25, -0.2) is 13.5 Å². The second-order valence-corrected chi connectivity index (χ2v) is 7.96. The number of rotatable bonds is 4. The first-order chi connectivity index (χ1) is 14.9. The summed E-state index contributed by atoms with van der Waals surface area (Å²) >= 11 is 0. The maximum absolute atomic E-state index is 14.2. The Balaban J connectivity index is 1.53. The van der Waals surface area contributed by atoms with Crippen LogP contribution in [0.5, 0.6) is 0 Å². The maximum Gasteiger partial charge on any atom is 0.259 e. The molecule has 0 saturated carbocycles. The molecule has 0 radical (unpaired) electrons. The molecular formula is C24H26F2N4O. The van der Waals surface area contributed by atoms with Crippen molar-refractivity contribution in [2.24, 2.45) is 0 Å². The Kier molecular flexibility index (Phi) is 6.02. The van der Waals surface area contributed by atoms with E-state index >= 15 is 0 Å². The molecular weight excluding hydrogens is 398 g/mol. The number of aryl methyl sites for hydroxylation is 1. The summed E-state index contributed by atoms with van der Waals surface area (Å²) in [7, 11) is 0. The van der Waals surface area contributed by atoms with Gasteiger partial charge in [-0.1, -0.05) is 12.8 Å². The molecule has 31 heavy (non-hydrogen) atoms. The number of amides is 1. The Morgan fingerprint density at radius 3 is 2.29 bits per heavy atom. The molecule has 7 heteroatoms. The zero-order valence-electron chi connectivity index (χ0n) is 17.8. The lowest BCUT2D eigenvalue weighted by molar-refractivity contribution is 0.102. The third-order valence-electron chi connectivity index (χ3n) is 5.75. The topological polar surface area (TPSA) is 50.2 Å². The van der Waals surface area contributed by atoms with Crippen molar-refractivity contribution in [3.8, 4) is 5.69 Å². The molecule has 1 aliphatic rings. The number of carbonyl (C=O) groups is 1. The Bertz CT molecular complexity index is 1080. The molecule has 4 rings (SSSR count). The Labute approximate surface area is 180 Å². The van der Waals surface area contributed by atoms with Crippen molar-refractivity contribution in [2.75, 3.05) is 23.3 Å². The van der Waals surface area contributed by atoms with Crippen LogP contribution in [0.15, 0.2) is 42.5 Å². The minimum absolute atomic E-state index is 0.0999. The summed E-state index contributed by atoms with van der Waals surface area (Å²) in [6.45, 7) is 5.51. The van der Waals surface area contributed by atoms with Crippen molar-refractivity contribution in [1.29, 1.82) is 0 Å². The van der Waals surface area contributed by atoms with E-state index in [1.807, 2.05) is 24.3 Å². The zero-order valence-corrected chi connectivity index (χ0v) is 17.8. The Hall–Kier alpha value is -3.22. The lowest BCUT2D eigenvalue weighted by Gasteiger charge is -2.22. The van der Waals surface area contributed by atoms with E-state index < -0.39 is 11.6 Å². The van der Waals surface area contributed by atoms with Gasteiger partial charge in [-0.05, 0) is 63.1 Å². The number of halogens is 2. The smallest absolute Gasteiger partial charge is 0.259 e. The fourth-order valence-corrected chi connectivity index (χ4v) is 4.14. The van der Waals surface area contributed by atoms with Gasteiger partial charge in [0.2, 0.25) is 0 Å². The van der Waals surface area contributed by atoms with Gasteiger partial charge >= 0.3 is 0 Å². The number of aromatic nitrogens is 2. The van der Waals surface area contributed by atoms with Crippen LogP contribution in [0.4, 0.5) is 20.2 Å². The minimum atomic E-state index is -0.735. The number of anilines is 2. The first-order valence-corrected chi connectivity index (χ1v) is 10.6. The van der Waals surface area contributed by atoms with E-state index in [1.54, 1.807) is 13.8 Å². The van der Waals surface area contributed by atoms with E-state index in [0.717, 1.165) is 24.8 Å². The normalized spacial score (nSPS) is 14.4. The minimum Gasteiger partial charge on any atom is -0.372 e. The first-order valence-electron chi connectivity index (χ1n) is 10.6. The summed E-state index contributed by atoms with van der Waals surface area (Å²) in [6.07, 6.45) is 4.96. The van der Waals surface area contributed by atoms with Crippen LogP contribution in [-0.4, -0.2) is 28.8 Å². The Morgan fingerprint density at radius 1 is 0.968 bits per heavy atom. The van der Waals surface area contributed by atoms with E-state index in [9.17, 15) is 13.6 Å². The monoisotopic (exact) mass is 424 g/mol. The van der Waals surface area contributed by atoms with Crippen molar-refractivity contribution >= 4 is 17.3 Å². The molecule has 1 N–H and O–H groups in total. The third-order valence-corrected chi connectivity index (χ3v) is 5.75. The number of benzene rings is 2. The molecule has 162 valence electrons. The van der Waals surface area contributed by atoms with Crippen LogP contribution in [0.1, 0.15) is 47.4 Å².